The molecular weight excluding hydrogens is 312 g/mol. The number of hydrogen-bond donors (Lipinski definition) is 1. The molecule has 112 valence electrons. The van der Waals surface area contributed by atoms with Crippen LogP contribution in [0.2, 0.25) is 5.02 Å². The fraction of sp³-hybridized carbons (Fsp3) is 0. The molecule has 0 aliphatic heterocycles. The van der Waals surface area contributed by atoms with Crippen LogP contribution < -0.4 is 5.56 Å². The van der Waals surface area contributed by atoms with Gasteiger partial charge in [0.1, 0.15) is 0 Å². The predicted octanol–water partition coefficient (Wildman–Crippen LogP) is 3.58. The minimum Gasteiger partial charge on any atom is -0.296 e. The molecule has 0 unspecified atom stereocenters. The minimum absolute atomic E-state index is 0.128. The van der Waals surface area contributed by atoms with Gasteiger partial charge >= 0.3 is 0 Å². The van der Waals surface area contributed by atoms with Gasteiger partial charge in [0.25, 0.3) is 5.56 Å². The number of para-hydroxylation sites is 1. The molecule has 0 bridgehead atoms. The first-order chi connectivity index (χ1) is 11.2. The molecule has 2 aromatic carbocycles. The average molecular weight is 323 g/mol. The van der Waals surface area contributed by atoms with Gasteiger partial charge < -0.3 is 0 Å². The quantitative estimate of drug-likeness (QED) is 0.573. The number of aromatic amines is 1. The summed E-state index contributed by atoms with van der Waals surface area (Å²) in [5.41, 5.74) is 2.60. The van der Waals surface area contributed by atoms with Crippen LogP contribution in [0.4, 0.5) is 5.69 Å². The molecule has 5 nitrogen and oxygen atoms in total. The van der Waals surface area contributed by atoms with Gasteiger partial charge in [-0.05, 0) is 36.4 Å². The molecule has 0 amide bonds. The van der Waals surface area contributed by atoms with Gasteiger partial charge in [0.05, 0.1) is 22.2 Å². The van der Waals surface area contributed by atoms with Gasteiger partial charge in [-0.15, -0.1) is 0 Å². The van der Waals surface area contributed by atoms with E-state index in [1.54, 1.807) is 30.6 Å². The van der Waals surface area contributed by atoms with E-state index in [0.29, 0.717) is 21.6 Å². The van der Waals surface area contributed by atoms with E-state index in [1.807, 2.05) is 30.3 Å². The van der Waals surface area contributed by atoms with Gasteiger partial charge in [-0.3, -0.25) is 14.9 Å². The largest absolute Gasteiger partial charge is 0.296 e. The average Bonchev–Trinajstić information content (AvgIpc) is 2.98. The number of benzene rings is 2. The molecule has 0 atom stereocenters. The Labute approximate surface area is 135 Å². The lowest BCUT2D eigenvalue weighted by molar-refractivity contribution is 0.915. The van der Waals surface area contributed by atoms with E-state index in [9.17, 15) is 4.79 Å². The minimum atomic E-state index is -0.128. The van der Waals surface area contributed by atoms with Crippen LogP contribution in [0.5, 0.6) is 0 Å². The van der Waals surface area contributed by atoms with Gasteiger partial charge in [-0.1, -0.05) is 23.7 Å². The fourth-order valence-electron chi connectivity index (χ4n) is 2.41. The third-order valence-electron chi connectivity index (χ3n) is 3.56. The summed E-state index contributed by atoms with van der Waals surface area (Å²) in [7, 11) is 0. The van der Waals surface area contributed by atoms with Gasteiger partial charge in [-0.25, -0.2) is 9.50 Å². The van der Waals surface area contributed by atoms with Gasteiger partial charge in [0, 0.05) is 17.4 Å². The molecule has 6 heteroatoms. The monoisotopic (exact) mass is 322 g/mol. The van der Waals surface area contributed by atoms with Crippen molar-refractivity contribution in [2.24, 2.45) is 4.99 Å². The lowest BCUT2D eigenvalue weighted by atomic mass is 10.2. The number of aliphatic imine (C=N–C) groups is 1. The highest BCUT2D eigenvalue weighted by atomic mass is 35.5. The maximum Gasteiger partial charge on any atom is 0.280 e. The van der Waals surface area contributed by atoms with Crippen molar-refractivity contribution in [2.75, 3.05) is 0 Å². The van der Waals surface area contributed by atoms with E-state index in [2.05, 4.69) is 15.1 Å². The van der Waals surface area contributed by atoms with E-state index >= 15 is 0 Å². The normalized spacial score (nSPS) is 11.7. The first-order valence-electron chi connectivity index (χ1n) is 7.01. The van der Waals surface area contributed by atoms with E-state index in [1.165, 1.54) is 4.52 Å². The fourth-order valence-corrected chi connectivity index (χ4v) is 2.54. The molecule has 1 N–H and O–H groups in total. The van der Waals surface area contributed by atoms with E-state index in [4.69, 9.17) is 11.6 Å². The molecule has 0 aliphatic rings. The molecule has 0 saturated carbocycles. The topological polar surface area (TPSA) is 62.5 Å². The highest BCUT2D eigenvalue weighted by Crippen LogP contribution is 2.17. The standard InChI is InChI=1S/C17H11ClN4O/c18-12-5-7-13(8-6-12)19-9-11-10-20-22-16(11)21-15-4-2-1-3-14(15)17(22)23/h1-10,20H. The predicted molar refractivity (Wildman–Crippen MR) is 92.0 cm³/mol. The Bertz CT molecular complexity index is 1090. The molecule has 0 radical (unpaired) electrons. The molecule has 4 rings (SSSR count). The van der Waals surface area contributed by atoms with E-state index < -0.39 is 0 Å². The Morgan fingerprint density at radius 1 is 1.13 bits per heavy atom. The van der Waals surface area contributed by atoms with Crippen LogP contribution in [-0.2, 0) is 0 Å². The summed E-state index contributed by atoms with van der Waals surface area (Å²) in [4.78, 5) is 21.4. The number of hydrogen-bond acceptors (Lipinski definition) is 3. The van der Waals surface area contributed by atoms with Crippen molar-refractivity contribution < 1.29 is 0 Å². The number of nitrogens with zero attached hydrogens (tertiary/aromatic N) is 3. The Hall–Kier alpha value is -2.92. The highest BCUT2D eigenvalue weighted by molar-refractivity contribution is 6.30. The van der Waals surface area contributed by atoms with Crippen LogP contribution in [0, 0.1) is 0 Å². The van der Waals surface area contributed by atoms with Crippen molar-refractivity contribution in [3.8, 4) is 0 Å². The molecule has 0 spiro atoms. The van der Waals surface area contributed by atoms with Crippen molar-refractivity contribution in [2.45, 2.75) is 0 Å². The second kappa shape index (κ2) is 5.37. The summed E-state index contributed by atoms with van der Waals surface area (Å²) in [6.45, 7) is 0. The van der Waals surface area contributed by atoms with Gasteiger partial charge in [0.2, 0.25) is 0 Å². The molecule has 4 aromatic rings. The van der Waals surface area contributed by atoms with Crippen LogP contribution >= 0.6 is 11.6 Å². The summed E-state index contributed by atoms with van der Waals surface area (Å²) < 4.78 is 1.42. The summed E-state index contributed by atoms with van der Waals surface area (Å²) in [5, 5.41) is 4.16. The van der Waals surface area contributed by atoms with Crippen molar-refractivity contribution >= 4 is 40.1 Å². The molecule has 0 saturated heterocycles. The van der Waals surface area contributed by atoms with E-state index in [0.717, 1.165) is 11.3 Å². The first kappa shape index (κ1) is 13.7. The number of nitrogens with one attached hydrogen (secondary N) is 1. The van der Waals surface area contributed by atoms with Crippen molar-refractivity contribution in [3.05, 3.63) is 75.7 Å². The second-order valence-corrected chi connectivity index (χ2v) is 5.49. The van der Waals surface area contributed by atoms with Crippen LogP contribution in [0.3, 0.4) is 0 Å². The third-order valence-corrected chi connectivity index (χ3v) is 3.81. The maximum atomic E-state index is 12.4. The third kappa shape index (κ3) is 2.41. The number of aromatic nitrogens is 3. The second-order valence-electron chi connectivity index (χ2n) is 5.06. The van der Waals surface area contributed by atoms with Crippen LogP contribution in [0.1, 0.15) is 5.56 Å². The number of H-pyrrole nitrogens is 1. The Balaban J connectivity index is 1.85. The van der Waals surface area contributed by atoms with Crippen LogP contribution in [-0.4, -0.2) is 20.8 Å². The Morgan fingerprint density at radius 3 is 2.74 bits per heavy atom. The molecule has 2 aromatic heterocycles. The van der Waals surface area contributed by atoms with Gasteiger partial charge in [-0.2, -0.15) is 0 Å². The zero-order chi connectivity index (χ0) is 15.8. The lowest BCUT2D eigenvalue weighted by Crippen LogP contribution is -2.15. The number of fused-ring (bicyclic) bond motifs is 2. The van der Waals surface area contributed by atoms with Crippen molar-refractivity contribution in [3.63, 3.8) is 0 Å². The smallest absolute Gasteiger partial charge is 0.280 e. The van der Waals surface area contributed by atoms with Crippen LogP contribution in [0.25, 0.3) is 16.6 Å². The first-order valence-corrected chi connectivity index (χ1v) is 7.39. The molecule has 2 heterocycles. The number of rotatable bonds is 2. The molecule has 23 heavy (non-hydrogen) atoms. The number of halogens is 1. The van der Waals surface area contributed by atoms with Crippen molar-refractivity contribution in [1.29, 1.82) is 0 Å². The van der Waals surface area contributed by atoms with E-state index in [-0.39, 0.29) is 5.56 Å². The summed E-state index contributed by atoms with van der Waals surface area (Å²) in [5.74, 6) is 0. The van der Waals surface area contributed by atoms with Gasteiger partial charge in [0.15, 0.2) is 5.65 Å². The zero-order valence-corrected chi connectivity index (χ0v) is 12.7. The molecule has 0 fully saturated rings. The van der Waals surface area contributed by atoms with Crippen molar-refractivity contribution in [1.82, 2.24) is 14.6 Å². The lowest BCUT2D eigenvalue weighted by Gasteiger charge is -1.98. The Morgan fingerprint density at radius 2 is 1.91 bits per heavy atom. The molecule has 0 aliphatic carbocycles. The zero-order valence-electron chi connectivity index (χ0n) is 11.9. The molecular formula is C17H11ClN4O. The highest BCUT2D eigenvalue weighted by Gasteiger charge is 2.09. The summed E-state index contributed by atoms with van der Waals surface area (Å²) in [6.07, 6.45) is 3.39. The van der Waals surface area contributed by atoms with Crippen LogP contribution in [0.15, 0.2) is 64.5 Å². The summed E-state index contributed by atoms with van der Waals surface area (Å²) >= 11 is 5.86. The SMILES string of the molecule is O=c1c2ccccc2nc2c(C=Nc3ccc(Cl)cc3)c[nH]n12. The Kier molecular flexibility index (Phi) is 3.20. The summed E-state index contributed by atoms with van der Waals surface area (Å²) in [6, 6.07) is 14.5. The maximum absolute atomic E-state index is 12.4.